The Morgan fingerprint density at radius 1 is 1.00 bits per heavy atom. The number of hydrogen-bond acceptors (Lipinski definition) is 9. The zero-order chi connectivity index (χ0) is 22.4. The number of aliphatic hydroxyl groups is 1. The maximum Gasteiger partial charge on any atom is 0.178 e. The molecule has 0 spiro atoms. The van der Waals surface area contributed by atoms with E-state index in [1.165, 1.54) is 12.6 Å². The summed E-state index contributed by atoms with van der Waals surface area (Å²) in [5.74, 6) is 0.654. The number of ether oxygens (including phenoxy) is 3. The zero-order valence-corrected chi connectivity index (χ0v) is 17.3. The van der Waals surface area contributed by atoms with Crippen LogP contribution in [-0.4, -0.2) is 49.2 Å². The maximum atomic E-state index is 11.0. The van der Waals surface area contributed by atoms with Crippen LogP contribution in [0.5, 0.6) is 0 Å². The first-order valence-electron chi connectivity index (χ1n) is 10.5. The molecule has 2 fully saturated rings. The Labute approximate surface area is 188 Å². The molecule has 0 aliphatic carbocycles. The molecule has 4 aromatic rings. The summed E-state index contributed by atoms with van der Waals surface area (Å²) < 4.78 is 25.8. The summed E-state index contributed by atoms with van der Waals surface area (Å²) in [6.45, 7) is 0. The van der Waals surface area contributed by atoms with Crippen molar-refractivity contribution in [2.45, 2.75) is 36.9 Å². The molecular weight excluding hydrogens is 426 g/mol. The van der Waals surface area contributed by atoms with E-state index in [-0.39, 0.29) is 5.82 Å². The van der Waals surface area contributed by atoms with Gasteiger partial charge in [-0.05, 0) is 23.8 Å². The van der Waals surface area contributed by atoms with Gasteiger partial charge in [-0.1, -0.05) is 36.4 Å². The van der Waals surface area contributed by atoms with Crippen molar-refractivity contribution < 1.29 is 23.7 Å². The molecule has 2 saturated heterocycles. The lowest BCUT2D eigenvalue weighted by Gasteiger charge is -2.22. The Kier molecular flexibility index (Phi) is 4.92. The average molecular weight is 447 g/mol. The van der Waals surface area contributed by atoms with Crippen LogP contribution in [0, 0.1) is 0 Å². The molecule has 0 radical (unpaired) electrons. The second-order valence-electron chi connectivity index (χ2n) is 7.87. The molecule has 0 bridgehead atoms. The molecule has 6 atom stereocenters. The van der Waals surface area contributed by atoms with Crippen LogP contribution in [0.4, 0.5) is 5.82 Å². The van der Waals surface area contributed by atoms with Crippen LogP contribution in [0.15, 0.2) is 71.9 Å². The predicted octanol–water partition coefficient (Wildman–Crippen LogP) is 2.46. The van der Waals surface area contributed by atoms with Gasteiger partial charge in [0.1, 0.15) is 42.0 Å². The van der Waals surface area contributed by atoms with Gasteiger partial charge in [0, 0.05) is 0 Å². The monoisotopic (exact) mass is 447 g/mol. The Morgan fingerprint density at radius 2 is 1.85 bits per heavy atom. The quantitative estimate of drug-likeness (QED) is 0.474. The molecule has 0 saturated carbocycles. The Morgan fingerprint density at radius 3 is 2.67 bits per heavy atom. The highest BCUT2D eigenvalue weighted by Gasteiger charge is 2.56. The van der Waals surface area contributed by atoms with Crippen LogP contribution >= 0.6 is 0 Å². The first kappa shape index (κ1) is 20.1. The first-order valence-corrected chi connectivity index (χ1v) is 10.5. The summed E-state index contributed by atoms with van der Waals surface area (Å²) in [6, 6.07) is 13.3. The summed E-state index contributed by atoms with van der Waals surface area (Å²) in [7, 11) is 0. The molecule has 2 aliphatic rings. The van der Waals surface area contributed by atoms with E-state index in [2.05, 4.69) is 15.0 Å². The Balaban J connectivity index is 1.33. The van der Waals surface area contributed by atoms with E-state index < -0.39 is 36.9 Å². The van der Waals surface area contributed by atoms with Gasteiger partial charge in [0.25, 0.3) is 0 Å². The molecular formula is C23H21N5O5. The number of benzene rings is 1. The minimum absolute atomic E-state index is 0.271. The van der Waals surface area contributed by atoms with Crippen LogP contribution in [0.3, 0.4) is 0 Å². The molecule has 10 nitrogen and oxygen atoms in total. The summed E-state index contributed by atoms with van der Waals surface area (Å²) in [4.78, 5) is 12.6. The third-order valence-electron chi connectivity index (χ3n) is 5.86. The lowest BCUT2D eigenvalue weighted by Crippen LogP contribution is -2.33. The maximum absolute atomic E-state index is 11.0. The van der Waals surface area contributed by atoms with Gasteiger partial charge in [0.05, 0.1) is 12.6 Å². The van der Waals surface area contributed by atoms with Crippen LogP contribution in [0.1, 0.15) is 23.7 Å². The summed E-state index contributed by atoms with van der Waals surface area (Å²) in [5.41, 5.74) is 7.94. The second-order valence-corrected chi connectivity index (χ2v) is 7.87. The molecule has 3 N–H and O–H groups in total. The van der Waals surface area contributed by atoms with Crippen molar-refractivity contribution in [3.63, 3.8) is 0 Å². The van der Waals surface area contributed by atoms with Crippen molar-refractivity contribution in [1.29, 1.82) is 0 Å². The highest BCUT2D eigenvalue weighted by atomic mass is 16.8. The number of rotatable bonds is 5. The van der Waals surface area contributed by atoms with Gasteiger partial charge in [-0.15, -0.1) is 0 Å². The summed E-state index contributed by atoms with van der Waals surface area (Å²) in [6.07, 6.45) is 4.08. The number of aromatic nitrogens is 4. The minimum Gasteiger partial charge on any atom is -0.466 e. The van der Waals surface area contributed by atoms with Crippen LogP contribution < -0.4 is 5.73 Å². The van der Waals surface area contributed by atoms with E-state index >= 15 is 0 Å². The van der Waals surface area contributed by atoms with Gasteiger partial charge in [-0.25, -0.2) is 15.0 Å². The number of furan rings is 1. The van der Waals surface area contributed by atoms with Gasteiger partial charge in [-0.3, -0.25) is 4.57 Å². The normalized spacial score (nSPS) is 28.0. The third kappa shape index (κ3) is 3.49. The topological polar surface area (TPSA) is 131 Å². The van der Waals surface area contributed by atoms with Gasteiger partial charge >= 0.3 is 0 Å². The van der Waals surface area contributed by atoms with Gasteiger partial charge in [0.2, 0.25) is 0 Å². The Bertz CT molecular complexity index is 1280. The van der Waals surface area contributed by atoms with Crippen LogP contribution in [0.2, 0.25) is 0 Å². The number of fused-ring (bicyclic) bond motifs is 2. The van der Waals surface area contributed by atoms with Crippen molar-refractivity contribution in [3.05, 3.63) is 78.8 Å². The number of nitrogens with two attached hydrogens (primary N) is 1. The van der Waals surface area contributed by atoms with E-state index in [0.29, 0.717) is 16.9 Å². The molecule has 6 rings (SSSR count). The van der Waals surface area contributed by atoms with E-state index in [0.717, 1.165) is 5.56 Å². The molecule has 5 heterocycles. The molecule has 2 aliphatic heterocycles. The second kappa shape index (κ2) is 8.09. The Hall–Kier alpha value is -3.57. The lowest BCUT2D eigenvalue weighted by atomic mass is 10.0. The van der Waals surface area contributed by atoms with E-state index in [4.69, 9.17) is 24.4 Å². The zero-order valence-electron chi connectivity index (χ0n) is 17.3. The standard InChI is InChI=1S/C23H21N5O5/c24-21-16-22(26-11-25-21)28(12-27-16)23-20-19(18(33-23)17(29)14-7-4-10-30-14)31-15(32-20)9-8-13-5-2-1-3-6-13/h1-12,15,17-20,23,29H,(H2,24,25,26). The van der Waals surface area contributed by atoms with Gasteiger partial charge < -0.3 is 29.5 Å². The lowest BCUT2D eigenvalue weighted by molar-refractivity contribution is -0.152. The van der Waals surface area contributed by atoms with E-state index in [1.54, 1.807) is 23.0 Å². The summed E-state index contributed by atoms with van der Waals surface area (Å²) >= 11 is 0. The first-order chi connectivity index (χ1) is 16.2. The molecule has 3 aromatic heterocycles. The molecule has 168 valence electrons. The number of aliphatic hydroxyl groups excluding tert-OH is 1. The van der Waals surface area contributed by atoms with E-state index in [9.17, 15) is 5.11 Å². The number of hydrogen-bond donors (Lipinski definition) is 2. The number of imidazole rings is 1. The van der Waals surface area contributed by atoms with Crippen molar-refractivity contribution in [2.75, 3.05) is 5.73 Å². The van der Waals surface area contributed by atoms with Crippen molar-refractivity contribution in [1.82, 2.24) is 19.5 Å². The van der Waals surface area contributed by atoms with E-state index in [1.807, 2.05) is 42.5 Å². The fourth-order valence-electron chi connectivity index (χ4n) is 4.31. The fourth-order valence-corrected chi connectivity index (χ4v) is 4.31. The fraction of sp³-hybridized carbons (Fsp3) is 0.261. The van der Waals surface area contributed by atoms with Crippen molar-refractivity contribution in [3.8, 4) is 0 Å². The van der Waals surface area contributed by atoms with Crippen molar-refractivity contribution >= 4 is 23.1 Å². The number of nitrogens with zero attached hydrogens (tertiary/aromatic N) is 4. The molecule has 33 heavy (non-hydrogen) atoms. The average Bonchev–Trinajstić information content (AvgIpc) is 3.62. The molecule has 10 heteroatoms. The number of anilines is 1. The largest absolute Gasteiger partial charge is 0.466 e. The molecule has 1 aromatic carbocycles. The summed E-state index contributed by atoms with van der Waals surface area (Å²) in [5, 5.41) is 11.0. The smallest absolute Gasteiger partial charge is 0.178 e. The van der Waals surface area contributed by atoms with Gasteiger partial charge in [-0.2, -0.15) is 0 Å². The van der Waals surface area contributed by atoms with Crippen LogP contribution in [0.25, 0.3) is 17.2 Å². The van der Waals surface area contributed by atoms with Crippen molar-refractivity contribution in [2.24, 2.45) is 0 Å². The minimum atomic E-state index is -1.05. The third-order valence-corrected chi connectivity index (χ3v) is 5.86. The highest BCUT2D eigenvalue weighted by molar-refractivity contribution is 5.81. The number of nitrogen functional groups attached to an aromatic ring is 1. The van der Waals surface area contributed by atoms with Crippen LogP contribution in [-0.2, 0) is 14.2 Å². The molecule has 6 unspecified atom stereocenters. The highest BCUT2D eigenvalue weighted by Crippen LogP contribution is 2.44. The van der Waals surface area contributed by atoms with Gasteiger partial charge in [0.15, 0.2) is 24.0 Å². The molecule has 0 amide bonds. The predicted molar refractivity (Wildman–Crippen MR) is 116 cm³/mol. The SMILES string of the molecule is Nc1ncnc2c1ncn2C1OC(C(O)c2ccco2)C2OC(C=Cc3ccccc3)OC21.